The molecule has 1 aliphatic rings. The van der Waals surface area contributed by atoms with Crippen molar-refractivity contribution >= 4 is 28.3 Å². The predicted molar refractivity (Wildman–Crippen MR) is 110 cm³/mol. The lowest BCUT2D eigenvalue weighted by Gasteiger charge is -2.23. The third kappa shape index (κ3) is 4.43. The van der Waals surface area contributed by atoms with Crippen LogP contribution in [0.5, 0.6) is 5.75 Å². The van der Waals surface area contributed by atoms with Crippen LogP contribution in [0.4, 0.5) is 5.13 Å². The molecule has 0 fully saturated rings. The van der Waals surface area contributed by atoms with E-state index in [1.54, 1.807) is 18.2 Å². The number of nitrogens with one attached hydrogen (secondary N) is 1. The molecule has 2 aromatic carbocycles. The second kappa shape index (κ2) is 8.40. The number of nitrogens with zero attached hydrogens (tertiary/aromatic N) is 2. The highest BCUT2D eigenvalue weighted by Crippen LogP contribution is 2.38. The quantitative estimate of drug-likeness (QED) is 0.652. The molecule has 0 aliphatic heterocycles. The Hall–Kier alpha value is -3.26. The van der Waals surface area contributed by atoms with E-state index in [1.165, 1.54) is 28.5 Å². The predicted octanol–water partition coefficient (Wildman–Crippen LogP) is 3.12. The van der Waals surface area contributed by atoms with Crippen LogP contribution in [0.25, 0.3) is 0 Å². The van der Waals surface area contributed by atoms with Crippen molar-refractivity contribution in [2.45, 2.75) is 25.2 Å². The standard InChI is InChI=1S/C21H20N4O3S/c22-19(27)14-7-3-8-15(11-14)28-12-18(26)23-21-25-24-20(29-21)17-10-4-6-13-5-1-2-9-16(13)17/h1-3,5,7-9,11,17H,4,6,10,12H2,(H2,22,27)(H,23,25,26). The minimum Gasteiger partial charge on any atom is -0.484 e. The molecule has 8 heteroatoms. The number of carbonyl (C=O) groups is 2. The Balaban J connectivity index is 1.38. The lowest BCUT2D eigenvalue weighted by Crippen LogP contribution is -2.20. The average Bonchev–Trinajstić information content (AvgIpc) is 3.20. The summed E-state index contributed by atoms with van der Waals surface area (Å²) in [5, 5.41) is 12.5. The molecule has 1 atom stereocenters. The number of amides is 2. The molecule has 1 aliphatic carbocycles. The summed E-state index contributed by atoms with van der Waals surface area (Å²) < 4.78 is 5.44. The van der Waals surface area contributed by atoms with E-state index >= 15 is 0 Å². The maximum absolute atomic E-state index is 12.2. The zero-order valence-corrected chi connectivity index (χ0v) is 16.4. The first-order chi connectivity index (χ1) is 14.1. The second-order valence-corrected chi connectivity index (χ2v) is 7.83. The third-order valence-electron chi connectivity index (χ3n) is 4.84. The summed E-state index contributed by atoms with van der Waals surface area (Å²) in [5.41, 5.74) is 8.22. The van der Waals surface area contributed by atoms with Gasteiger partial charge in [0, 0.05) is 11.5 Å². The van der Waals surface area contributed by atoms with Crippen LogP contribution in [0, 0.1) is 0 Å². The Labute approximate surface area is 171 Å². The lowest BCUT2D eigenvalue weighted by atomic mass is 9.83. The number of fused-ring (bicyclic) bond motifs is 1. The highest BCUT2D eigenvalue weighted by atomic mass is 32.1. The van der Waals surface area contributed by atoms with Crippen molar-refractivity contribution in [3.63, 3.8) is 0 Å². The minimum absolute atomic E-state index is 0.205. The summed E-state index contributed by atoms with van der Waals surface area (Å²) in [5.74, 6) is -0.282. The van der Waals surface area contributed by atoms with Crippen LogP contribution >= 0.6 is 11.3 Å². The van der Waals surface area contributed by atoms with Crippen molar-refractivity contribution in [3.05, 3.63) is 70.2 Å². The lowest BCUT2D eigenvalue weighted by molar-refractivity contribution is -0.118. The van der Waals surface area contributed by atoms with E-state index in [2.05, 4.69) is 33.7 Å². The second-order valence-electron chi connectivity index (χ2n) is 6.82. The molecule has 0 saturated carbocycles. The highest BCUT2D eigenvalue weighted by molar-refractivity contribution is 7.15. The SMILES string of the molecule is NC(=O)c1cccc(OCC(=O)Nc2nnc(C3CCCc4ccccc43)s2)c1. The Morgan fingerprint density at radius 2 is 2.03 bits per heavy atom. The molecular weight excluding hydrogens is 388 g/mol. The first-order valence-corrected chi connectivity index (χ1v) is 10.2. The molecule has 29 heavy (non-hydrogen) atoms. The van der Waals surface area contributed by atoms with Gasteiger partial charge >= 0.3 is 0 Å². The van der Waals surface area contributed by atoms with Gasteiger partial charge in [0.05, 0.1) is 0 Å². The fraction of sp³-hybridized carbons (Fsp3) is 0.238. The van der Waals surface area contributed by atoms with Crippen LogP contribution in [-0.2, 0) is 11.2 Å². The van der Waals surface area contributed by atoms with Crippen molar-refractivity contribution < 1.29 is 14.3 Å². The van der Waals surface area contributed by atoms with E-state index < -0.39 is 5.91 Å². The van der Waals surface area contributed by atoms with E-state index in [-0.39, 0.29) is 18.4 Å². The van der Waals surface area contributed by atoms with E-state index in [9.17, 15) is 9.59 Å². The number of aromatic nitrogens is 2. The maximum atomic E-state index is 12.2. The highest BCUT2D eigenvalue weighted by Gasteiger charge is 2.25. The monoisotopic (exact) mass is 408 g/mol. The van der Waals surface area contributed by atoms with Crippen LogP contribution in [0.1, 0.15) is 45.3 Å². The third-order valence-corrected chi connectivity index (χ3v) is 5.80. The van der Waals surface area contributed by atoms with Gasteiger partial charge in [-0.2, -0.15) is 0 Å². The number of nitrogens with two attached hydrogens (primary N) is 1. The largest absolute Gasteiger partial charge is 0.484 e. The number of ether oxygens (including phenoxy) is 1. The van der Waals surface area contributed by atoms with Crippen molar-refractivity contribution in [1.29, 1.82) is 0 Å². The van der Waals surface area contributed by atoms with E-state index in [1.807, 2.05) is 6.07 Å². The zero-order chi connectivity index (χ0) is 20.2. The minimum atomic E-state index is -0.550. The molecule has 0 saturated heterocycles. The van der Waals surface area contributed by atoms with Crippen molar-refractivity contribution in [1.82, 2.24) is 10.2 Å². The molecule has 1 aromatic heterocycles. The molecule has 0 spiro atoms. The molecule has 0 bridgehead atoms. The van der Waals surface area contributed by atoms with Gasteiger partial charge in [-0.15, -0.1) is 10.2 Å². The summed E-state index contributed by atoms with van der Waals surface area (Å²) in [7, 11) is 0. The zero-order valence-electron chi connectivity index (χ0n) is 15.6. The summed E-state index contributed by atoms with van der Waals surface area (Å²) in [4.78, 5) is 23.4. The van der Waals surface area contributed by atoms with Crippen LogP contribution in [0.15, 0.2) is 48.5 Å². The smallest absolute Gasteiger partial charge is 0.264 e. The molecule has 1 heterocycles. The van der Waals surface area contributed by atoms with Gasteiger partial charge in [-0.3, -0.25) is 14.9 Å². The summed E-state index contributed by atoms with van der Waals surface area (Å²) >= 11 is 1.39. The molecule has 2 amide bonds. The molecule has 3 aromatic rings. The van der Waals surface area contributed by atoms with Gasteiger partial charge in [0.15, 0.2) is 6.61 Å². The molecule has 0 radical (unpaired) electrons. The maximum Gasteiger partial charge on any atom is 0.264 e. The van der Waals surface area contributed by atoms with E-state index in [0.29, 0.717) is 16.4 Å². The van der Waals surface area contributed by atoms with Crippen molar-refractivity contribution in [2.24, 2.45) is 5.73 Å². The van der Waals surface area contributed by atoms with Gasteiger partial charge in [-0.05, 0) is 48.6 Å². The summed E-state index contributed by atoms with van der Waals surface area (Å²) in [6, 6.07) is 14.8. The van der Waals surface area contributed by atoms with Crippen molar-refractivity contribution in [2.75, 3.05) is 11.9 Å². The number of hydrogen-bond acceptors (Lipinski definition) is 6. The summed E-state index contributed by atoms with van der Waals surface area (Å²) in [6.45, 7) is -0.205. The Morgan fingerprint density at radius 1 is 1.17 bits per heavy atom. The van der Waals surface area contributed by atoms with E-state index in [0.717, 1.165) is 24.3 Å². The molecule has 7 nitrogen and oxygen atoms in total. The summed E-state index contributed by atoms with van der Waals surface area (Å²) in [6.07, 6.45) is 3.23. The fourth-order valence-corrected chi connectivity index (χ4v) is 4.39. The number of anilines is 1. The van der Waals surface area contributed by atoms with Gasteiger partial charge in [-0.1, -0.05) is 41.7 Å². The van der Waals surface area contributed by atoms with Crippen LogP contribution in [0.2, 0.25) is 0 Å². The molecular formula is C21H20N4O3S. The number of hydrogen-bond donors (Lipinski definition) is 2. The van der Waals surface area contributed by atoms with Gasteiger partial charge in [-0.25, -0.2) is 0 Å². The van der Waals surface area contributed by atoms with Gasteiger partial charge in [0.2, 0.25) is 11.0 Å². The van der Waals surface area contributed by atoms with Crippen LogP contribution in [0.3, 0.4) is 0 Å². The number of benzene rings is 2. The van der Waals surface area contributed by atoms with Gasteiger partial charge < -0.3 is 10.5 Å². The van der Waals surface area contributed by atoms with Crippen molar-refractivity contribution in [3.8, 4) is 5.75 Å². The number of primary amides is 1. The van der Waals surface area contributed by atoms with Crippen LogP contribution < -0.4 is 15.8 Å². The molecule has 4 rings (SSSR count). The van der Waals surface area contributed by atoms with Gasteiger partial charge in [0.25, 0.3) is 5.91 Å². The number of rotatable bonds is 6. The molecule has 3 N–H and O–H groups in total. The molecule has 1 unspecified atom stereocenters. The Bertz CT molecular complexity index is 1050. The average molecular weight is 408 g/mol. The normalized spacial score (nSPS) is 15.4. The van der Waals surface area contributed by atoms with E-state index in [4.69, 9.17) is 10.5 Å². The number of aryl methyl sites for hydroxylation is 1. The first-order valence-electron chi connectivity index (χ1n) is 9.34. The topological polar surface area (TPSA) is 107 Å². The Kier molecular flexibility index (Phi) is 5.53. The van der Waals surface area contributed by atoms with Gasteiger partial charge in [0.1, 0.15) is 10.8 Å². The fourth-order valence-electron chi connectivity index (χ4n) is 3.48. The number of carbonyl (C=O) groups excluding carboxylic acids is 2. The first kappa shape index (κ1) is 19.1. The Morgan fingerprint density at radius 3 is 2.90 bits per heavy atom. The molecule has 148 valence electrons. The van der Waals surface area contributed by atoms with Crippen LogP contribution in [-0.4, -0.2) is 28.6 Å².